The van der Waals surface area contributed by atoms with Crippen molar-refractivity contribution in [1.29, 1.82) is 0 Å². The molecule has 3 saturated carbocycles. The van der Waals surface area contributed by atoms with Gasteiger partial charge in [-0.1, -0.05) is 24.6 Å². The summed E-state index contributed by atoms with van der Waals surface area (Å²) in [5, 5.41) is 26.6. The number of carboxylic acid groups (broad SMARTS) is 1. The van der Waals surface area contributed by atoms with E-state index in [1.165, 1.54) is 18.4 Å². The van der Waals surface area contributed by atoms with Crippen LogP contribution in [0.1, 0.15) is 71.6 Å². The van der Waals surface area contributed by atoms with Gasteiger partial charge in [0.1, 0.15) is 6.04 Å². The Morgan fingerprint density at radius 2 is 2.00 bits per heavy atom. The van der Waals surface area contributed by atoms with Crippen LogP contribution in [0.2, 0.25) is 0 Å². The Kier molecular flexibility index (Phi) is 7.67. The highest BCUT2D eigenvalue weighted by Crippen LogP contribution is 2.65. The van der Waals surface area contributed by atoms with E-state index in [-0.39, 0.29) is 23.5 Å². The smallest absolute Gasteiger partial charge is 0.326 e. The molecular weight excluding hydrogens is 452 g/mol. The number of carboxylic acids is 1. The molecule has 0 unspecified atom stereocenters. The standard InChI is InChI=1S/C26H40N2O5S/c1-25-11-8-17(28-33-15-23(30)27-21(24(31)32)10-13-34-3)14-16(25)4-5-18-19-6-7-22(29)26(19,2)12-9-20(18)25/h14,18-22,29H,4-13,15H2,1-3H3,(H,27,30)(H,31,32)/b28-17+/t18-,19-,20-,21-,22+,25-,26-/m0/s1. The molecule has 3 N–H and O–H groups in total. The molecule has 34 heavy (non-hydrogen) atoms. The van der Waals surface area contributed by atoms with E-state index >= 15 is 0 Å². The van der Waals surface area contributed by atoms with Gasteiger partial charge in [0.25, 0.3) is 5.91 Å². The molecule has 8 heteroatoms. The Bertz CT molecular complexity index is 860. The van der Waals surface area contributed by atoms with Crippen molar-refractivity contribution in [3.63, 3.8) is 0 Å². The zero-order valence-corrected chi connectivity index (χ0v) is 21.5. The van der Waals surface area contributed by atoms with E-state index in [1.54, 1.807) is 11.8 Å². The van der Waals surface area contributed by atoms with Crippen molar-refractivity contribution >= 4 is 29.4 Å². The topological polar surface area (TPSA) is 108 Å². The van der Waals surface area contributed by atoms with Crippen molar-refractivity contribution in [1.82, 2.24) is 5.32 Å². The Morgan fingerprint density at radius 3 is 2.74 bits per heavy atom. The summed E-state index contributed by atoms with van der Waals surface area (Å²) < 4.78 is 0. The van der Waals surface area contributed by atoms with Crippen molar-refractivity contribution in [3.8, 4) is 0 Å². The van der Waals surface area contributed by atoms with Gasteiger partial charge < -0.3 is 20.4 Å². The average molecular weight is 493 g/mol. The predicted octanol–water partition coefficient (Wildman–Crippen LogP) is 4.01. The maximum absolute atomic E-state index is 12.1. The third-order valence-corrected chi connectivity index (χ3v) is 10.2. The van der Waals surface area contributed by atoms with Gasteiger partial charge in [0.15, 0.2) is 6.61 Å². The van der Waals surface area contributed by atoms with E-state index in [1.807, 2.05) is 6.26 Å². The number of fused-ring (bicyclic) bond motifs is 5. The molecule has 4 aliphatic carbocycles. The Morgan fingerprint density at radius 1 is 1.21 bits per heavy atom. The number of rotatable bonds is 8. The molecule has 3 fully saturated rings. The van der Waals surface area contributed by atoms with Gasteiger partial charge in [0.05, 0.1) is 11.8 Å². The lowest BCUT2D eigenvalue weighted by Crippen LogP contribution is -2.51. The van der Waals surface area contributed by atoms with Crippen molar-refractivity contribution in [2.24, 2.45) is 33.7 Å². The van der Waals surface area contributed by atoms with Crippen LogP contribution in [0.4, 0.5) is 0 Å². The van der Waals surface area contributed by atoms with Gasteiger partial charge in [-0.15, -0.1) is 0 Å². The number of allylic oxidation sites excluding steroid dienone is 2. The summed E-state index contributed by atoms with van der Waals surface area (Å²) in [6.07, 6.45) is 12.9. The van der Waals surface area contributed by atoms with Crippen molar-refractivity contribution in [2.75, 3.05) is 18.6 Å². The molecular formula is C26H40N2O5S. The van der Waals surface area contributed by atoms with E-state index in [0.29, 0.717) is 29.9 Å². The first-order chi connectivity index (χ1) is 16.2. The molecule has 0 bridgehead atoms. The SMILES string of the molecule is CSCC[C@H](NC(=O)CO/N=C1/C=C2CC[C@H]3[C@@H]4CC[C@@H](O)[C@@]4(C)CC[C@@H]3[C@@]2(C)CC1)C(=O)O. The Hall–Kier alpha value is -1.54. The number of hydrogen-bond donors (Lipinski definition) is 3. The molecule has 7 atom stereocenters. The fourth-order valence-electron chi connectivity index (χ4n) is 7.52. The normalized spacial score (nSPS) is 38.8. The highest BCUT2D eigenvalue weighted by molar-refractivity contribution is 7.98. The molecule has 4 aliphatic rings. The molecule has 4 rings (SSSR count). The molecule has 0 radical (unpaired) electrons. The van der Waals surface area contributed by atoms with Crippen molar-refractivity contribution < 1.29 is 24.6 Å². The molecule has 190 valence electrons. The van der Waals surface area contributed by atoms with Gasteiger partial charge >= 0.3 is 5.97 Å². The minimum atomic E-state index is -1.03. The number of carbonyl (C=O) groups is 2. The van der Waals surface area contributed by atoms with Gasteiger partial charge in [-0.25, -0.2) is 4.79 Å². The van der Waals surface area contributed by atoms with E-state index < -0.39 is 17.9 Å². The first kappa shape index (κ1) is 25.5. The number of amides is 1. The maximum Gasteiger partial charge on any atom is 0.326 e. The average Bonchev–Trinajstić information content (AvgIpc) is 3.11. The second-order valence-electron chi connectivity index (χ2n) is 11.2. The first-order valence-electron chi connectivity index (χ1n) is 12.8. The summed E-state index contributed by atoms with van der Waals surface area (Å²) in [7, 11) is 0. The number of nitrogens with zero attached hydrogens (tertiary/aromatic N) is 1. The third kappa shape index (κ3) is 4.77. The van der Waals surface area contributed by atoms with Gasteiger partial charge in [-0.05, 0) is 104 Å². The molecule has 0 heterocycles. The number of nitrogens with one attached hydrogen (secondary N) is 1. The number of thioether (sulfide) groups is 1. The second-order valence-corrected chi connectivity index (χ2v) is 12.2. The van der Waals surface area contributed by atoms with Crippen LogP contribution in [-0.4, -0.2) is 58.6 Å². The lowest BCUT2D eigenvalue weighted by atomic mass is 9.47. The predicted molar refractivity (Wildman–Crippen MR) is 134 cm³/mol. The quantitative estimate of drug-likeness (QED) is 0.442. The summed E-state index contributed by atoms with van der Waals surface area (Å²) in [5.41, 5.74) is 2.61. The fourth-order valence-corrected chi connectivity index (χ4v) is 7.99. The van der Waals surface area contributed by atoms with Crippen LogP contribution in [0.25, 0.3) is 0 Å². The zero-order chi connectivity index (χ0) is 24.5. The number of aliphatic hydroxyl groups excluding tert-OH is 1. The summed E-state index contributed by atoms with van der Waals surface area (Å²) in [5.74, 6) is 1.17. The number of hydrogen-bond acceptors (Lipinski definition) is 6. The molecule has 0 saturated heterocycles. The number of oxime groups is 1. The number of aliphatic carboxylic acids is 1. The molecule has 0 aromatic heterocycles. The van der Waals surface area contributed by atoms with Gasteiger partial charge in [-0.3, -0.25) is 4.79 Å². The second kappa shape index (κ2) is 10.2. The molecule has 0 aliphatic heterocycles. The van der Waals surface area contributed by atoms with Crippen LogP contribution in [0.3, 0.4) is 0 Å². The van der Waals surface area contributed by atoms with Crippen LogP contribution in [0.15, 0.2) is 16.8 Å². The molecule has 0 aromatic carbocycles. The van der Waals surface area contributed by atoms with Crippen LogP contribution in [0.5, 0.6) is 0 Å². The fraction of sp³-hybridized carbons (Fsp3) is 0.808. The lowest BCUT2D eigenvalue weighted by molar-refractivity contribution is -0.142. The van der Waals surface area contributed by atoms with Crippen LogP contribution >= 0.6 is 11.8 Å². The van der Waals surface area contributed by atoms with Crippen LogP contribution < -0.4 is 5.32 Å². The monoisotopic (exact) mass is 492 g/mol. The zero-order valence-electron chi connectivity index (χ0n) is 20.7. The first-order valence-corrected chi connectivity index (χ1v) is 14.2. The number of carbonyl (C=O) groups excluding carboxylic acids is 1. The van der Waals surface area contributed by atoms with Gasteiger partial charge in [0, 0.05) is 0 Å². The minimum absolute atomic E-state index is 0.101. The largest absolute Gasteiger partial charge is 0.480 e. The Labute approximate surface area is 207 Å². The van der Waals surface area contributed by atoms with Crippen molar-refractivity contribution in [2.45, 2.75) is 83.8 Å². The van der Waals surface area contributed by atoms with Gasteiger partial charge in [0.2, 0.25) is 0 Å². The van der Waals surface area contributed by atoms with E-state index in [4.69, 9.17) is 4.84 Å². The highest BCUT2D eigenvalue weighted by atomic mass is 32.2. The summed E-state index contributed by atoms with van der Waals surface area (Å²) >= 11 is 1.55. The summed E-state index contributed by atoms with van der Waals surface area (Å²) in [6, 6.07) is -0.901. The maximum atomic E-state index is 12.1. The molecule has 0 aromatic rings. The summed E-state index contributed by atoms with van der Waals surface area (Å²) in [6.45, 7) is 4.47. The summed E-state index contributed by atoms with van der Waals surface area (Å²) in [4.78, 5) is 28.8. The lowest BCUT2D eigenvalue weighted by Gasteiger charge is -2.57. The van der Waals surface area contributed by atoms with E-state index in [0.717, 1.165) is 44.2 Å². The molecule has 0 spiro atoms. The highest BCUT2D eigenvalue weighted by Gasteiger charge is 2.58. The number of aliphatic hydroxyl groups is 1. The van der Waals surface area contributed by atoms with E-state index in [9.17, 15) is 19.8 Å². The molecule has 1 amide bonds. The third-order valence-electron chi connectivity index (χ3n) is 9.55. The molecule has 7 nitrogen and oxygen atoms in total. The van der Waals surface area contributed by atoms with Crippen LogP contribution in [-0.2, 0) is 14.4 Å². The van der Waals surface area contributed by atoms with Crippen molar-refractivity contribution in [3.05, 3.63) is 11.6 Å². The minimum Gasteiger partial charge on any atom is -0.480 e. The van der Waals surface area contributed by atoms with E-state index in [2.05, 4.69) is 30.4 Å². The Balaban J connectivity index is 1.36. The van der Waals surface area contributed by atoms with Crippen LogP contribution in [0, 0.1) is 28.6 Å². The van der Waals surface area contributed by atoms with Gasteiger partial charge in [-0.2, -0.15) is 11.8 Å².